The Balaban J connectivity index is 2.00. The number of aromatic carboxylic acids is 1. The molecule has 122 valence electrons. The van der Waals surface area contributed by atoms with Crippen molar-refractivity contribution in [1.82, 2.24) is 9.27 Å². The highest BCUT2D eigenvalue weighted by molar-refractivity contribution is 7.99. The highest BCUT2D eigenvalue weighted by Crippen LogP contribution is 2.32. The summed E-state index contributed by atoms with van der Waals surface area (Å²) in [6, 6.07) is -0.404. The molecule has 1 aliphatic heterocycles. The van der Waals surface area contributed by atoms with Crippen LogP contribution in [-0.4, -0.2) is 56.4 Å². The summed E-state index contributed by atoms with van der Waals surface area (Å²) in [6.07, 6.45) is 2.72. The molecule has 0 saturated carbocycles. The number of amides is 2. The third-order valence-corrected chi connectivity index (χ3v) is 5.17. The van der Waals surface area contributed by atoms with Crippen molar-refractivity contribution in [1.29, 1.82) is 0 Å². The largest absolute Gasteiger partial charge is 0.477 e. The molecule has 2 rings (SSSR count). The third kappa shape index (κ3) is 4.11. The lowest BCUT2D eigenvalue weighted by molar-refractivity contribution is 0.0309. The van der Waals surface area contributed by atoms with Gasteiger partial charge in [-0.3, -0.25) is 5.32 Å². The van der Waals surface area contributed by atoms with Crippen LogP contribution in [0.15, 0.2) is 5.03 Å². The first-order valence-electron chi connectivity index (χ1n) is 7.12. The zero-order chi connectivity index (χ0) is 16.1. The van der Waals surface area contributed by atoms with E-state index in [9.17, 15) is 19.8 Å². The minimum absolute atomic E-state index is 0.0564. The van der Waals surface area contributed by atoms with Crippen LogP contribution >= 0.6 is 23.3 Å². The second kappa shape index (κ2) is 7.80. The second-order valence-corrected chi connectivity index (χ2v) is 6.90. The number of aliphatic hydroxyl groups excluding tert-OH is 1. The van der Waals surface area contributed by atoms with E-state index in [-0.39, 0.29) is 23.7 Å². The maximum atomic E-state index is 11.9. The predicted octanol–water partition coefficient (Wildman–Crippen LogP) is 2.33. The quantitative estimate of drug-likeness (QED) is 0.518. The Labute approximate surface area is 136 Å². The van der Waals surface area contributed by atoms with Crippen LogP contribution < -0.4 is 5.32 Å². The topological polar surface area (TPSA) is 103 Å². The van der Waals surface area contributed by atoms with Crippen molar-refractivity contribution < 1.29 is 19.8 Å². The Morgan fingerprint density at radius 2 is 2.18 bits per heavy atom. The number of carbonyl (C=O) groups excluding carboxylic acids is 1. The number of unbranched alkanes of at least 4 members (excludes halogenated alkanes) is 2. The first kappa shape index (κ1) is 17.0. The monoisotopic (exact) mass is 345 g/mol. The molecule has 1 saturated heterocycles. The highest BCUT2D eigenvalue weighted by atomic mass is 32.2. The number of β-amino-alcohol motifs (C(OH)–C–C–N with tert-alkyl or cyclic N) is 1. The van der Waals surface area contributed by atoms with E-state index >= 15 is 0 Å². The molecule has 0 bridgehead atoms. The molecule has 0 aliphatic carbocycles. The number of aliphatic hydroxyl groups is 1. The maximum absolute atomic E-state index is 11.9. The lowest BCUT2D eigenvalue weighted by Gasteiger charge is -2.35. The summed E-state index contributed by atoms with van der Waals surface area (Å²) in [7, 11) is 0. The van der Waals surface area contributed by atoms with Gasteiger partial charge in [-0.05, 0) is 23.7 Å². The number of nitrogens with one attached hydrogen (secondary N) is 1. The number of aromatic nitrogens is 1. The van der Waals surface area contributed by atoms with E-state index in [1.54, 1.807) is 0 Å². The van der Waals surface area contributed by atoms with Gasteiger partial charge in [-0.1, -0.05) is 19.8 Å². The average molecular weight is 345 g/mol. The van der Waals surface area contributed by atoms with Gasteiger partial charge < -0.3 is 15.1 Å². The number of carboxylic acid groups (broad SMARTS) is 1. The molecule has 1 aromatic heterocycles. The van der Waals surface area contributed by atoms with Gasteiger partial charge in [-0.25, -0.2) is 9.59 Å². The number of likely N-dealkylation sites (tertiary alicyclic amines) is 1. The zero-order valence-corrected chi connectivity index (χ0v) is 13.9. The Bertz CT molecular complexity index is 543. The number of urea groups is 1. The molecule has 1 aliphatic rings. The first-order chi connectivity index (χ1) is 10.5. The molecule has 3 N–H and O–H groups in total. The van der Waals surface area contributed by atoms with Gasteiger partial charge in [0.25, 0.3) is 0 Å². The molecule has 9 heteroatoms. The molecule has 2 amide bonds. The first-order valence-corrected chi connectivity index (χ1v) is 8.88. The van der Waals surface area contributed by atoms with Crippen molar-refractivity contribution in [3.8, 4) is 0 Å². The van der Waals surface area contributed by atoms with E-state index in [0.29, 0.717) is 5.03 Å². The summed E-state index contributed by atoms with van der Waals surface area (Å²) >= 11 is 2.38. The van der Waals surface area contributed by atoms with E-state index in [0.717, 1.165) is 36.5 Å². The summed E-state index contributed by atoms with van der Waals surface area (Å²) in [5.74, 6) is -0.283. The zero-order valence-electron chi connectivity index (χ0n) is 12.2. The van der Waals surface area contributed by atoms with Crippen molar-refractivity contribution in [2.75, 3.05) is 24.2 Å². The minimum atomic E-state index is -1.09. The smallest absolute Gasteiger partial charge is 0.341 e. The Morgan fingerprint density at radius 3 is 2.77 bits per heavy atom. The van der Waals surface area contributed by atoms with Crippen LogP contribution in [-0.2, 0) is 0 Å². The van der Waals surface area contributed by atoms with Crippen molar-refractivity contribution in [3.63, 3.8) is 0 Å². The van der Waals surface area contributed by atoms with E-state index in [1.807, 2.05) is 0 Å². The van der Waals surface area contributed by atoms with Crippen LogP contribution in [0.1, 0.15) is 36.5 Å². The van der Waals surface area contributed by atoms with Gasteiger partial charge in [-0.15, -0.1) is 11.8 Å². The van der Waals surface area contributed by atoms with Crippen molar-refractivity contribution in [2.45, 2.75) is 37.3 Å². The van der Waals surface area contributed by atoms with Crippen LogP contribution in [0.3, 0.4) is 0 Å². The molecule has 22 heavy (non-hydrogen) atoms. The second-order valence-electron chi connectivity index (χ2n) is 5.04. The van der Waals surface area contributed by atoms with Crippen LogP contribution in [0.2, 0.25) is 0 Å². The molecule has 0 radical (unpaired) electrons. The average Bonchev–Trinajstić information content (AvgIpc) is 2.83. The highest BCUT2D eigenvalue weighted by Gasteiger charge is 2.30. The number of thioether (sulfide) groups is 1. The molecule has 1 fully saturated rings. The molecule has 1 aromatic rings. The Kier molecular flexibility index (Phi) is 6.04. The number of hydrogen-bond acceptors (Lipinski definition) is 6. The molecule has 0 atom stereocenters. The summed E-state index contributed by atoms with van der Waals surface area (Å²) in [5, 5.41) is 21.8. The van der Waals surface area contributed by atoms with Gasteiger partial charge in [0.1, 0.15) is 15.6 Å². The van der Waals surface area contributed by atoms with E-state index < -0.39 is 18.1 Å². The molecular weight excluding hydrogens is 326 g/mol. The number of rotatable bonds is 7. The third-order valence-electron chi connectivity index (χ3n) is 3.23. The van der Waals surface area contributed by atoms with E-state index in [4.69, 9.17) is 0 Å². The van der Waals surface area contributed by atoms with Crippen molar-refractivity contribution >= 4 is 40.3 Å². The number of hydrogen-bond donors (Lipinski definition) is 3. The standard InChI is InChI=1S/C13H19N3O4S2/c1-2-3-4-5-21-11-9(12(18)19)10(22-15-11)14-13(20)16-6-8(17)7-16/h8,17H,2-7H2,1H3,(H,14,20)(H,18,19). The summed E-state index contributed by atoms with van der Waals surface area (Å²) < 4.78 is 4.15. The maximum Gasteiger partial charge on any atom is 0.341 e. The molecule has 0 spiro atoms. The van der Waals surface area contributed by atoms with Gasteiger partial charge in [0, 0.05) is 0 Å². The number of nitrogens with zero attached hydrogens (tertiary/aromatic N) is 2. The minimum Gasteiger partial charge on any atom is -0.477 e. The van der Waals surface area contributed by atoms with Gasteiger partial charge in [0.05, 0.1) is 19.2 Å². The number of carbonyl (C=O) groups is 2. The summed E-state index contributed by atoms with van der Waals surface area (Å²) in [5.41, 5.74) is 0.0564. The fourth-order valence-corrected chi connectivity index (χ4v) is 3.90. The van der Waals surface area contributed by atoms with Crippen molar-refractivity contribution in [2.24, 2.45) is 0 Å². The van der Waals surface area contributed by atoms with Gasteiger partial charge >= 0.3 is 12.0 Å². The molecular formula is C13H19N3O4S2. The van der Waals surface area contributed by atoms with Crippen LogP contribution in [0, 0.1) is 0 Å². The fraction of sp³-hybridized carbons (Fsp3) is 0.615. The van der Waals surface area contributed by atoms with Crippen molar-refractivity contribution in [3.05, 3.63) is 5.56 Å². The molecule has 2 heterocycles. The van der Waals surface area contributed by atoms with E-state index in [2.05, 4.69) is 16.6 Å². The molecule has 0 unspecified atom stereocenters. The molecule has 7 nitrogen and oxygen atoms in total. The van der Waals surface area contributed by atoms with Gasteiger partial charge in [-0.2, -0.15) is 4.37 Å². The predicted molar refractivity (Wildman–Crippen MR) is 85.9 cm³/mol. The normalized spacial score (nSPS) is 14.7. The fourth-order valence-electron chi connectivity index (χ4n) is 1.97. The number of carboxylic acids is 1. The summed E-state index contributed by atoms with van der Waals surface area (Å²) in [4.78, 5) is 24.8. The molecule has 0 aromatic carbocycles. The summed E-state index contributed by atoms with van der Waals surface area (Å²) in [6.45, 7) is 2.65. The Morgan fingerprint density at radius 1 is 1.45 bits per heavy atom. The lowest BCUT2D eigenvalue weighted by atomic mass is 10.2. The SMILES string of the molecule is CCCCCSc1nsc(NC(=O)N2CC(O)C2)c1C(=O)O. The van der Waals surface area contributed by atoms with Gasteiger partial charge in [0.15, 0.2) is 0 Å². The number of anilines is 1. The van der Waals surface area contributed by atoms with Crippen LogP contribution in [0.4, 0.5) is 9.80 Å². The Hall–Kier alpha value is -1.32. The van der Waals surface area contributed by atoms with Crippen LogP contribution in [0.5, 0.6) is 0 Å². The van der Waals surface area contributed by atoms with E-state index in [1.165, 1.54) is 16.7 Å². The van der Waals surface area contributed by atoms with Gasteiger partial charge in [0.2, 0.25) is 0 Å². The van der Waals surface area contributed by atoms with Crippen LogP contribution in [0.25, 0.3) is 0 Å². The lowest BCUT2D eigenvalue weighted by Crippen LogP contribution is -2.54.